The van der Waals surface area contributed by atoms with Gasteiger partial charge in [-0.15, -0.1) is 0 Å². The molecule has 0 saturated carbocycles. The minimum absolute atomic E-state index is 0.164. The van der Waals surface area contributed by atoms with Crippen molar-refractivity contribution in [3.63, 3.8) is 0 Å². The smallest absolute Gasteiger partial charge is 0.261 e. The van der Waals surface area contributed by atoms with Crippen LogP contribution in [0.3, 0.4) is 0 Å². The van der Waals surface area contributed by atoms with E-state index in [0.717, 1.165) is 19.3 Å². The van der Waals surface area contributed by atoms with Crippen molar-refractivity contribution in [1.29, 1.82) is 0 Å². The molecule has 0 unspecified atom stereocenters. The fraction of sp³-hybridized carbons (Fsp3) is 0.462. The van der Waals surface area contributed by atoms with Crippen molar-refractivity contribution in [1.82, 2.24) is 4.90 Å². The molecule has 1 rings (SSSR count). The number of halogens is 2. The highest BCUT2D eigenvalue weighted by Gasteiger charge is 2.17. The van der Waals surface area contributed by atoms with Gasteiger partial charge in [0, 0.05) is 34.9 Å². The fourth-order valence-electron chi connectivity index (χ4n) is 1.75. The third kappa shape index (κ3) is 4.96. The van der Waals surface area contributed by atoms with Crippen LogP contribution in [0.25, 0.3) is 0 Å². The van der Waals surface area contributed by atoms with E-state index in [1.165, 1.54) is 18.2 Å². The second-order valence-electron chi connectivity index (χ2n) is 4.55. The molecule has 1 aromatic rings. The van der Waals surface area contributed by atoms with Crippen LogP contribution >= 0.6 is 22.3 Å². The van der Waals surface area contributed by atoms with Gasteiger partial charge in [0.05, 0.1) is 4.90 Å². The van der Waals surface area contributed by atoms with Crippen molar-refractivity contribution in [3.05, 3.63) is 28.8 Å². The van der Waals surface area contributed by atoms with Crippen molar-refractivity contribution in [2.45, 2.75) is 31.1 Å². The molecule has 0 saturated heterocycles. The van der Waals surface area contributed by atoms with Crippen LogP contribution in [0.5, 0.6) is 0 Å². The van der Waals surface area contributed by atoms with E-state index in [9.17, 15) is 13.2 Å². The molecule has 0 aromatic heterocycles. The van der Waals surface area contributed by atoms with Crippen molar-refractivity contribution >= 4 is 37.2 Å². The van der Waals surface area contributed by atoms with Crippen LogP contribution in [-0.2, 0) is 9.05 Å². The predicted molar refractivity (Wildman–Crippen MR) is 81.0 cm³/mol. The lowest BCUT2D eigenvalue weighted by Crippen LogP contribution is -2.27. The van der Waals surface area contributed by atoms with Crippen molar-refractivity contribution < 1.29 is 13.2 Å². The van der Waals surface area contributed by atoms with Crippen LogP contribution in [0.15, 0.2) is 23.1 Å². The summed E-state index contributed by atoms with van der Waals surface area (Å²) in [5.74, 6) is -0.273. The Hall–Kier alpha value is -0.780. The number of rotatable bonds is 6. The summed E-state index contributed by atoms with van der Waals surface area (Å²) in [6, 6.07) is 3.90. The molecule has 7 heteroatoms. The topological polar surface area (TPSA) is 54.5 Å². The lowest BCUT2D eigenvalue weighted by atomic mass is 10.2. The van der Waals surface area contributed by atoms with E-state index in [4.69, 9.17) is 22.3 Å². The summed E-state index contributed by atoms with van der Waals surface area (Å²) in [6.45, 7) is 2.69. The van der Waals surface area contributed by atoms with Gasteiger partial charge < -0.3 is 4.90 Å². The second kappa shape index (κ2) is 7.29. The maximum atomic E-state index is 12.2. The number of hydrogen-bond acceptors (Lipinski definition) is 3. The van der Waals surface area contributed by atoms with Crippen LogP contribution < -0.4 is 0 Å². The minimum Gasteiger partial charge on any atom is -0.342 e. The van der Waals surface area contributed by atoms with Crippen molar-refractivity contribution in [3.8, 4) is 0 Å². The van der Waals surface area contributed by atoms with E-state index >= 15 is 0 Å². The summed E-state index contributed by atoms with van der Waals surface area (Å²) in [5.41, 5.74) is 0.218. The first-order valence-corrected chi connectivity index (χ1v) is 8.95. The lowest BCUT2D eigenvalue weighted by molar-refractivity contribution is 0.0792. The molecule has 0 bridgehead atoms. The van der Waals surface area contributed by atoms with E-state index in [1.807, 2.05) is 0 Å². The zero-order valence-electron chi connectivity index (χ0n) is 11.4. The lowest BCUT2D eigenvalue weighted by Gasteiger charge is -2.17. The highest BCUT2D eigenvalue weighted by atomic mass is 35.7. The molecule has 0 radical (unpaired) electrons. The van der Waals surface area contributed by atoms with Crippen LogP contribution in [0.2, 0.25) is 5.02 Å². The molecule has 1 aromatic carbocycles. The van der Waals surface area contributed by atoms with Gasteiger partial charge in [-0.3, -0.25) is 4.79 Å². The number of unbranched alkanes of at least 4 members (excludes halogenated alkanes) is 2. The molecular formula is C13H17Cl2NO3S. The number of nitrogens with zero attached hydrogens (tertiary/aromatic N) is 1. The van der Waals surface area contributed by atoms with Gasteiger partial charge in [0.1, 0.15) is 0 Å². The van der Waals surface area contributed by atoms with Crippen LogP contribution in [0.1, 0.15) is 36.5 Å². The Morgan fingerprint density at radius 1 is 1.25 bits per heavy atom. The molecule has 112 valence electrons. The van der Waals surface area contributed by atoms with Crippen molar-refractivity contribution in [2.24, 2.45) is 0 Å². The third-order valence-corrected chi connectivity index (χ3v) is 4.40. The van der Waals surface area contributed by atoms with Gasteiger partial charge in [0.2, 0.25) is 0 Å². The number of benzene rings is 1. The zero-order chi connectivity index (χ0) is 15.3. The van der Waals surface area contributed by atoms with Gasteiger partial charge in [-0.25, -0.2) is 8.42 Å². The second-order valence-corrected chi connectivity index (χ2v) is 7.55. The quantitative estimate of drug-likeness (QED) is 0.589. The molecule has 4 nitrogen and oxygen atoms in total. The first-order chi connectivity index (χ1) is 9.25. The highest BCUT2D eigenvalue weighted by molar-refractivity contribution is 8.13. The third-order valence-electron chi connectivity index (χ3n) is 2.84. The molecule has 0 N–H and O–H groups in total. The van der Waals surface area contributed by atoms with Crippen LogP contribution in [-0.4, -0.2) is 32.8 Å². The summed E-state index contributed by atoms with van der Waals surface area (Å²) >= 11 is 5.84. The monoisotopic (exact) mass is 337 g/mol. The number of amides is 1. The minimum atomic E-state index is -3.91. The normalized spacial score (nSPS) is 11.4. The predicted octanol–water partition coefficient (Wildman–Crippen LogP) is 3.53. The Bertz CT molecular complexity index is 587. The van der Waals surface area contributed by atoms with E-state index in [1.54, 1.807) is 11.9 Å². The molecular weight excluding hydrogens is 321 g/mol. The van der Waals surface area contributed by atoms with Gasteiger partial charge >= 0.3 is 0 Å². The molecule has 20 heavy (non-hydrogen) atoms. The zero-order valence-corrected chi connectivity index (χ0v) is 13.7. The molecule has 0 aliphatic carbocycles. The molecule has 1 amide bonds. The summed E-state index contributed by atoms with van der Waals surface area (Å²) in [4.78, 5) is 13.6. The number of hydrogen-bond donors (Lipinski definition) is 0. The van der Waals surface area contributed by atoms with Crippen molar-refractivity contribution in [2.75, 3.05) is 13.6 Å². The fourth-order valence-corrected chi connectivity index (χ4v) is 2.85. The summed E-state index contributed by atoms with van der Waals surface area (Å²) in [6.07, 6.45) is 3.00. The standard InChI is InChI=1S/C13H17Cl2NO3S/c1-3-4-5-6-16(2)13(17)10-7-11(14)9-12(8-10)20(15,18)19/h7-9H,3-6H2,1-2H3. The van der Waals surface area contributed by atoms with E-state index in [-0.39, 0.29) is 21.4 Å². The van der Waals surface area contributed by atoms with E-state index in [0.29, 0.717) is 6.54 Å². The van der Waals surface area contributed by atoms with Gasteiger partial charge in [-0.2, -0.15) is 0 Å². The molecule has 0 atom stereocenters. The number of carbonyl (C=O) groups excluding carboxylic acids is 1. The summed E-state index contributed by atoms with van der Waals surface area (Å²) in [7, 11) is 3.04. The van der Waals surface area contributed by atoms with Gasteiger partial charge in [-0.1, -0.05) is 31.4 Å². The average Bonchev–Trinajstić information content (AvgIpc) is 2.36. The molecule has 0 heterocycles. The van der Waals surface area contributed by atoms with Crippen LogP contribution in [0, 0.1) is 0 Å². The maximum Gasteiger partial charge on any atom is 0.261 e. The Balaban J connectivity index is 2.96. The Labute approximate surface area is 129 Å². The number of carbonyl (C=O) groups is 1. The maximum absolute atomic E-state index is 12.2. The average molecular weight is 338 g/mol. The Kier molecular flexibility index (Phi) is 6.30. The SMILES string of the molecule is CCCCCN(C)C(=O)c1cc(Cl)cc(S(=O)(=O)Cl)c1. The highest BCUT2D eigenvalue weighted by Crippen LogP contribution is 2.22. The summed E-state index contributed by atoms with van der Waals surface area (Å²) in [5, 5.41) is 0.164. The first-order valence-electron chi connectivity index (χ1n) is 6.26. The molecule has 0 aliphatic rings. The first kappa shape index (κ1) is 17.3. The van der Waals surface area contributed by atoms with Gasteiger partial charge in [0.15, 0.2) is 0 Å². The van der Waals surface area contributed by atoms with Gasteiger partial charge in [-0.05, 0) is 24.6 Å². The largest absolute Gasteiger partial charge is 0.342 e. The molecule has 0 fully saturated rings. The Morgan fingerprint density at radius 3 is 2.45 bits per heavy atom. The van der Waals surface area contributed by atoms with E-state index < -0.39 is 9.05 Å². The van der Waals surface area contributed by atoms with Gasteiger partial charge in [0.25, 0.3) is 15.0 Å². The summed E-state index contributed by atoms with van der Waals surface area (Å²) < 4.78 is 22.6. The molecule has 0 spiro atoms. The molecule has 0 aliphatic heterocycles. The Morgan fingerprint density at radius 2 is 1.90 bits per heavy atom. The van der Waals surface area contributed by atoms with Crippen LogP contribution in [0.4, 0.5) is 0 Å². The van der Waals surface area contributed by atoms with E-state index in [2.05, 4.69) is 6.92 Å².